The van der Waals surface area contributed by atoms with Gasteiger partial charge in [0.15, 0.2) is 0 Å². The maximum absolute atomic E-state index is 12.8. The fourth-order valence-corrected chi connectivity index (χ4v) is 4.40. The zero-order valence-electron chi connectivity index (χ0n) is 18.1. The number of carbonyl (C=O) groups excluding carboxylic acids is 1. The van der Waals surface area contributed by atoms with Crippen molar-refractivity contribution in [2.24, 2.45) is 0 Å². The number of nitrogens with zero attached hydrogens (tertiary/aromatic N) is 1. The van der Waals surface area contributed by atoms with Crippen molar-refractivity contribution >= 4 is 28.6 Å². The predicted molar refractivity (Wildman–Crippen MR) is 123 cm³/mol. The van der Waals surface area contributed by atoms with E-state index in [1.54, 1.807) is 42.7 Å². The van der Waals surface area contributed by atoms with Crippen molar-refractivity contribution in [1.82, 2.24) is 15.3 Å². The third kappa shape index (κ3) is 4.96. The van der Waals surface area contributed by atoms with Gasteiger partial charge in [0.25, 0.3) is 0 Å². The minimum absolute atomic E-state index is 0.304. The molecule has 1 aliphatic carbocycles. The van der Waals surface area contributed by atoms with Crippen LogP contribution in [-0.2, 0) is 22.5 Å². The third-order valence-corrected chi connectivity index (χ3v) is 6.11. The Morgan fingerprint density at radius 3 is 2.77 bits per heavy atom. The molecular weight excluding hydrogens is 483 g/mol. The zero-order valence-corrected chi connectivity index (χ0v) is 18.9. The molecule has 0 saturated heterocycles. The highest BCUT2D eigenvalue weighted by Gasteiger charge is 2.45. The molecule has 4 aromatic rings. The van der Waals surface area contributed by atoms with Gasteiger partial charge in [0, 0.05) is 12.6 Å². The number of hydrogen-bond donors (Lipinski definition) is 2. The van der Waals surface area contributed by atoms with Gasteiger partial charge in [0.2, 0.25) is 0 Å². The second-order valence-corrected chi connectivity index (χ2v) is 8.57. The first-order valence-electron chi connectivity index (χ1n) is 10.8. The SMILES string of the molecule is O=C(OC1c2ccccc2CC1NCc1ccc(Oc2ccc3nc[nH]c3c2)c(Cl)c1)C(F)(F)F. The van der Waals surface area contributed by atoms with Crippen LogP contribution >= 0.6 is 11.6 Å². The number of benzene rings is 3. The second-order valence-electron chi connectivity index (χ2n) is 8.16. The van der Waals surface area contributed by atoms with Crippen molar-refractivity contribution in [3.05, 3.63) is 88.7 Å². The van der Waals surface area contributed by atoms with Crippen LogP contribution in [0.2, 0.25) is 5.02 Å². The lowest BCUT2D eigenvalue weighted by atomic mass is 10.1. The molecule has 1 aliphatic rings. The number of imidazole rings is 1. The topological polar surface area (TPSA) is 76.2 Å². The predicted octanol–water partition coefficient (Wildman–Crippen LogP) is 5.87. The number of aromatic amines is 1. The normalized spacial score (nSPS) is 17.4. The van der Waals surface area contributed by atoms with Gasteiger partial charge in [-0.05, 0) is 47.4 Å². The molecule has 0 saturated carbocycles. The highest BCUT2D eigenvalue weighted by molar-refractivity contribution is 6.32. The highest BCUT2D eigenvalue weighted by atomic mass is 35.5. The minimum atomic E-state index is -5.06. The molecule has 1 heterocycles. The summed E-state index contributed by atoms with van der Waals surface area (Å²) in [5, 5.41) is 3.59. The molecule has 0 spiro atoms. The van der Waals surface area contributed by atoms with Gasteiger partial charge in [-0.3, -0.25) is 0 Å². The summed E-state index contributed by atoms with van der Waals surface area (Å²) in [6.45, 7) is 0.304. The summed E-state index contributed by atoms with van der Waals surface area (Å²) < 4.78 is 49.2. The van der Waals surface area contributed by atoms with Crippen LogP contribution in [0.5, 0.6) is 11.5 Å². The summed E-state index contributed by atoms with van der Waals surface area (Å²) in [7, 11) is 0. The number of carbonyl (C=O) groups is 1. The number of rotatable bonds is 6. The van der Waals surface area contributed by atoms with E-state index in [1.165, 1.54) is 0 Å². The monoisotopic (exact) mass is 501 g/mol. The lowest BCUT2D eigenvalue weighted by molar-refractivity contribution is -0.206. The first-order valence-corrected chi connectivity index (χ1v) is 11.1. The van der Waals surface area contributed by atoms with Crippen molar-refractivity contribution in [2.75, 3.05) is 0 Å². The van der Waals surface area contributed by atoms with Gasteiger partial charge in [-0.25, -0.2) is 9.78 Å². The molecule has 0 fully saturated rings. The lowest BCUT2D eigenvalue weighted by Crippen LogP contribution is -2.37. The van der Waals surface area contributed by atoms with Gasteiger partial charge in [-0.2, -0.15) is 13.2 Å². The molecular formula is C25H19ClF3N3O3. The van der Waals surface area contributed by atoms with E-state index in [2.05, 4.69) is 15.3 Å². The Balaban J connectivity index is 1.27. The van der Waals surface area contributed by atoms with Crippen LogP contribution in [0.25, 0.3) is 11.0 Å². The molecule has 0 aliphatic heterocycles. The highest BCUT2D eigenvalue weighted by Crippen LogP contribution is 2.36. The van der Waals surface area contributed by atoms with E-state index in [0.29, 0.717) is 35.1 Å². The fourth-order valence-electron chi connectivity index (χ4n) is 4.16. The van der Waals surface area contributed by atoms with Gasteiger partial charge in [-0.1, -0.05) is 41.9 Å². The molecule has 2 N–H and O–H groups in total. The molecule has 180 valence electrons. The Bertz CT molecular complexity index is 1390. The Labute approximate surface area is 203 Å². The van der Waals surface area contributed by atoms with Crippen LogP contribution in [-0.4, -0.2) is 28.2 Å². The Morgan fingerprint density at radius 1 is 1.14 bits per heavy atom. The molecule has 5 rings (SSSR count). The molecule has 10 heteroatoms. The minimum Gasteiger partial charge on any atom is -0.456 e. The van der Waals surface area contributed by atoms with Crippen molar-refractivity contribution in [1.29, 1.82) is 0 Å². The molecule has 2 atom stereocenters. The van der Waals surface area contributed by atoms with Gasteiger partial charge in [0.05, 0.1) is 28.4 Å². The van der Waals surface area contributed by atoms with Crippen molar-refractivity contribution < 1.29 is 27.4 Å². The van der Waals surface area contributed by atoms with Crippen LogP contribution in [0, 0.1) is 0 Å². The summed E-state index contributed by atoms with van der Waals surface area (Å²) in [5.41, 5.74) is 3.85. The smallest absolute Gasteiger partial charge is 0.456 e. The molecule has 3 aromatic carbocycles. The van der Waals surface area contributed by atoms with E-state index in [0.717, 1.165) is 22.2 Å². The van der Waals surface area contributed by atoms with E-state index in [1.807, 2.05) is 24.3 Å². The van der Waals surface area contributed by atoms with Gasteiger partial charge >= 0.3 is 12.1 Å². The fraction of sp³-hybridized carbons (Fsp3) is 0.200. The van der Waals surface area contributed by atoms with Crippen LogP contribution < -0.4 is 10.1 Å². The van der Waals surface area contributed by atoms with Crippen molar-refractivity contribution in [3.8, 4) is 11.5 Å². The van der Waals surface area contributed by atoms with E-state index < -0.39 is 24.3 Å². The van der Waals surface area contributed by atoms with Crippen molar-refractivity contribution in [3.63, 3.8) is 0 Å². The molecule has 2 unspecified atom stereocenters. The standard InChI is InChI=1S/C25H19ClF3N3O3/c26-18-9-14(5-8-22(18)34-16-6-7-19-20(11-16)32-13-31-19)12-30-21-10-15-3-1-2-4-17(15)23(21)35-24(33)25(27,28)29/h1-9,11,13,21,23,30H,10,12H2,(H,31,32). The molecule has 0 bridgehead atoms. The molecule has 6 nitrogen and oxygen atoms in total. The largest absolute Gasteiger partial charge is 0.490 e. The molecule has 0 radical (unpaired) electrons. The Kier molecular flexibility index (Phi) is 6.12. The maximum Gasteiger partial charge on any atom is 0.490 e. The molecule has 0 amide bonds. The third-order valence-electron chi connectivity index (χ3n) is 5.82. The van der Waals surface area contributed by atoms with E-state index in [9.17, 15) is 18.0 Å². The summed E-state index contributed by atoms with van der Waals surface area (Å²) in [6, 6.07) is 17.2. The van der Waals surface area contributed by atoms with Crippen molar-refractivity contribution in [2.45, 2.75) is 31.3 Å². The molecule has 1 aromatic heterocycles. The molecule has 35 heavy (non-hydrogen) atoms. The number of esters is 1. The number of fused-ring (bicyclic) bond motifs is 2. The van der Waals surface area contributed by atoms with E-state index >= 15 is 0 Å². The number of hydrogen-bond acceptors (Lipinski definition) is 5. The summed E-state index contributed by atoms with van der Waals surface area (Å²) in [5.74, 6) is -1.16. The van der Waals surface area contributed by atoms with Crippen LogP contribution in [0.15, 0.2) is 67.0 Å². The van der Waals surface area contributed by atoms with Crippen LogP contribution in [0.3, 0.4) is 0 Å². The average Bonchev–Trinajstić information content (AvgIpc) is 3.43. The summed E-state index contributed by atoms with van der Waals surface area (Å²) in [4.78, 5) is 18.7. The Morgan fingerprint density at radius 2 is 1.97 bits per heavy atom. The first kappa shape index (κ1) is 23.2. The second kappa shape index (κ2) is 9.24. The lowest BCUT2D eigenvalue weighted by Gasteiger charge is -2.23. The maximum atomic E-state index is 12.8. The number of alkyl halides is 3. The first-order chi connectivity index (χ1) is 16.8. The van der Waals surface area contributed by atoms with Gasteiger partial charge < -0.3 is 19.8 Å². The summed E-state index contributed by atoms with van der Waals surface area (Å²) >= 11 is 6.43. The number of ether oxygens (including phenoxy) is 2. The number of aromatic nitrogens is 2. The number of nitrogens with one attached hydrogen (secondary N) is 2. The van der Waals surface area contributed by atoms with E-state index in [-0.39, 0.29) is 0 Å². The zero-order chi connectivity index (χ0) is 24.6. The van der Waals surface area contributed by atoms with Crippen LogP contribution in [0.4, 0.5) is 13.2 Å². The van der Waals surface area contributed by atoms with Gasteiger partial charge in [-0.15, -0.1) is 0 Å². The quantitative estimate of drug-likeness (QED) is 0.323. The summed E-state index contributed by atoms with van der Waals surface area (Å²) in [6.07, 6.45) is -4.08. The van der Waals surface area contributed by atoms with Crippen LogP contribution in [0.1, 0.15) is 22.8 Å². The van der Waals surface area contributed by atoms with Gasteiger partial charge in [0.1, 0.15) is 17.6 Å². The average molecular weight is 502 g/mol. The number of H-pyrrole nitrogens is 1. The number of halogens is 4. The van der Waals surface area contributed by atoms with E-state index in [4.69, 9.17) is 21.1 Å². The Hall–Kier alpha value is -3.56.